The second kappa shape index (κ2) is 6.69. The number of phenols is 1. The minimum absolute atomic E-state index is 0.00130. The van der Waals surface area contributed by atoms with Crippen LogP contribution < -0.4 is 5.73 Å². The molecule has 1 unspecified atom stereocenters. The molecule has 29 heavy (non-hydrogen) atoms. The number of nitrogen functional groups attached to an aromatic ring is 1. The zero-order chi connectivity index (χ0) is 21.0. The summed E-state index contributed by atoms with van der Waals surface area (Å²) in [6, 6.07) is 1.68. The lowest BCUT2D eigenvalue weighted by Gasteiger charge is -2.52. The van der Waals surface area contributed by atoms with E-state index in [0.29, 0.717) is 24.3 Å². The predicted molar refractivity (Wildman–Crippen MR) is 102 cm³/mol. The maximum absolute atomic E-state index is 12.9. The van der Waals surface area contributed by atoms with Crippen molar-refractivity contribution >= 4 is 12.0 Å². The first-order chi connectivity index (χ1) is 13.6. The van der Waals surface area contributed by atoms with Crippen LogP contribution in [-0.2, 0) is 10.9 Å². The van der Waals surface area contributed by atoms with E-state index in [4.69, 9.17) is 10.5 Å². The van der Waals surface area contributed by atoms with E-state index < -0.39 is 17.5 Å². The normalized spacial score (nSPS) is 26.5. The van der Waals surface area contributed by atoms with Gasteiger partial charge in [0, 0.05) is 5.56 Å². The van der Waals surface area contributed by atoms with Crippen molar-refractivity contribution in [2.24, 2.45) is 10.9 Å². The number of alkyl halides is 3. The highest BCUT2D eigenvalue weighted by Crippen LogP contribution is 2.47. The van der Waals surface area contributed by atoms with Gasteiger partial charge in [0.15, 0.2) is 5.82 Å². The van der Waals surface area contributed by atoms with Crippen LogP contribution in [0, 0.1) is 12.8 Å². The van der Waals surface area contributed by atoms with Crippen LogP contribution in [0.3, 0.4) is 0 Å². The Kier molecular flexibility index (Phi) is 4.53. The van der Waals surface area contributed by atoms with Crippen LogP contribution in [0.25, 0.3) is 11.3 Å². The van der Waals surface area contributed by atoms with Gasteiger partial charge in [-0.05, 0) is 50.3 Å². The fraction of sp³-hybridized carbons (Fsp3) is 0.450. The van der Waals surface area contributed by atoms with Gasteiger partial charge in [-0.1, -0.05) is 0 Å². The Morgan fingerprint density at radius 2 is 2.07 bits per heavy atom. The largest absolute Gasteiger partial charge is 0.507 e. The second-order valence-electron chi connectivity index (χ2n) is 7.99. The number of anilines is 1. The number of aromatic hydroxyl groups is 1. The van der Waals surface area contributed by atoms with Crippen molar-refractivity contribution in [1.82, 2.24) is 9.97 Å². The maximum Gasteiger partial charge on any atom is 0.416 e. The van der Waals surface area contributed by atoms with Gasteiger partial charge in [-0.15, -0.1) is 0 Å². The number of benzene rings is 1. The third-order valence-electron chi connectivity index (χ3n) is 5.65. The molecule has 2 aliphatic heterocycles. The molecular formula is C20H21F3N4O2. The smallest absolute Gasteiger partial charge is 0.416 e. The summed E-state index contributed by atoms with van der Waals surface area (Å²) in [6.45, 7) is 4.12. The van der Waals surface area contributed by atoms with Crippen LogP contribution in [0.4, 0.5) is 19.0 Å². The van der Waals surface area contributed by atoms with E-state index in [1.165, 1.54) is 13.1 Å². The van der Waals surface area contributed by atoms with Crippen molar-refractivity contribution < 1.29 is 23.0 Å². The van der Waals surface area contributed by atoms with Gasteiger partial charge in [0.2, 0.25) is 0 Å². The Morgan fingerprint density at radius 3 is 2.62 bits per heavy atom. The molecule has 0 amide bonds. The molecule has 1 aliphatic carbocycles. The number of aromatic nitrogens is 2. The lowest BCUT2D eigenvalue weighted by Crippen LogP contribution is -2.55. The summed E-state index contributed by atoms with van der Waals surface area (Å²) in [4.78, 5) is 13.0. The van der Waals surface area contributed by atoms with Crippen molar-refractivity contribution in [3.8, 4) is 17.0 Å². The van der Waals surface area contributed by atoms with Gasteiger partial charge in [0.05, 0.1) is 41.9 Å². The maximum atomic E-state index is 12.9. The van der Waals surface area contributed by atoms with Crippen LogP contribution in [0.15, 0.2) is 23.3 Å². The van der Waals surface area contributed by atoms with Crippen LogP contribution in [0.5, 0.6) is 5.75 Å². The van der Waals surface area contributed by atoms with Gasteiger partial charge < -0.3 is 15.6 Å². The number of nitrogens with zero attached hydrogens (tertiary/aromatic N) is 3. The average molecular weight is 406 g/mol. The molecule has 0 radical (unpaired) electrons. The second-order valence-corrected chi connectivity index (χ2v) is 7.99. The summed E-state index contributed by atoms with van der Waals surface area (Å²) in [7, 11) is 0. The topological polar surface area (TPSA) is 93.6 Å². The molecule has 5 rings (SSSR count). The molecule has 6 nitrogen and oxygen atoms in total. The third-order valence-corrected chi connectivity index (χ3v) is 5.65. The minimum atomic E-state index is -4.55. The first kappa shape index (κ1) is 19.6. The number of aliphatic imine (C=N–C) groups is 1. The monoisotopic (exact) mass is 406 g/mol. The number of hydrogen-bond donors (Lipinski definition) is 2. The Morgan fingerprint density at radius 1 is 1.34 bits per heavy atom. The molecular weight excluding hydrogens is 385 g/mol. The van der Waals surface area contributed by atoms with Gasteiger partial charge in [0.25, 0.3) is 0 Å². The summed E-state index contributed by atoms with van der Waals surface area (Å²) in [5.41, 5.74) is 6.00. The Hall–Kier alpha value is -2.68. The number of aryl methyl sites for hydroxylation is 1. The zero-order valence-electron chi connectivity index (χ0n) is 16.0. The van der Waals surface area contributed by atoms with Crippen LogP contribution in [-0.4, -0.2) is 39.5 Å². The molecule has 3 N–H and O–H groups in total. The Labute approximate surface area is 165 Å². The zero-order valence-corrected chi connectivity index (χ0v) is 16.0. The molecule has 1 saturated carbocycles. The van der Waals surface area contributed by atoms with Crippen molar-refractivity contribution in [2.75, 3.05) is 12.3 Å². The molecule has 2 bridgehead atoms. The van der Waals surface area contributed by atoms with E-state index in [-0.39, 0.29) is 34.3 Å². The summed E-state index contributed by atoms with van der Waals surface area (Å²) in [5, 5.41) is 10.1. The number of phenolic OH excluding ortho intramolecular Hbond substituents is 1. The van der Waals surface area contributed by atoms with Gasteiger partial charge in [-0.2, -0.15) is 13.2 Å². The van der Waals surface area contributed by atoms with Gasteiger partial charge in [-0.25, -0.2) is 9.97 Å². The van der Waals surface area contributed by atoms with Gasteiger partial charge in [0.1, 0.15) is 11.4 Å². The molecule has 1 atom stereocenters. The van der Waals surface area contributed by atoms with Crippen LogP contribution in [0.1, 0.15) is 36.6 Å². The van der Waals surface area contributed by atoms with Crippen molar-refractivity contribution in [2.45, 2.75) is 44.5 Å². The first-order valence-electron chi connectivity index (χ1n) is 9.26. The standard InChI is InChI=1S/C20H21F3N4O2/c1-10-3-12(20(21,22)23)4-16(28)17(10)13-7-25-14(18(24)27-13)8-26-15-9-29-19(2)5-11(15)6-19/h3-4,7-8,11,15,28H,5-6,9H2,1-2H3,(H2,24,27). The molecule has 2 saturated heterocycles. The number of halogens is 3. The Bertz CT molecular complexity index is 956. The lowest BCUT2D eigenvalue weighted by atomic mass is 9.66. The Balaban J connectivity index is 1.57. The minimum Gasteiger partial charge on any atom is -0.507 e. The molecule has 1 aromatic carbocycles. The molecule has 9 heteroatoms. The highest BCUT2D eigenvalue weighted by Gasteiger charge is 2.49. The highest BCUT2D eigenvalue weighted by molar-refractivity contribution is 5.84. The average Bonchev–Trinajstić information content (AvgIpc) is 2.60. The predicted octanol–water partition coefficient (Wildman–Crippen LogP) is 3.75. The molecule has 3 aliphatic rings. The van der Waals surface area contributed by atoms with Crippen molar-refractivity contribution in [3.05, 3.63) is 35.2 Å². The van der Waals surface area contributed by atoms with Crippen LogP contribution >= 0.6 is 0 Å². The van der Waals surface area contributed by atoms with Gasteiger partial charge >= 0.3 is 6.18 Å². The van der Waals surface area contributed by atoms with E-state index in [0.717, 1.165) is 18.9 Å². The number of rotatable bonds is 3. The van der Waals surface area contributed by atoms with E-state index >= 15 is 0 Å². The molecule has 3 fully saturated rings. The fourth-order valence-electron chi connectivity index (χ4n) is 4.09. The van der Waals surface area contributed by atoms with E-state index in [1.54, 1.807) is 6.21 Å². The SMILES string of the molecule is Cc1cc(C(F)(F)F)cc(O)c1-c1cnc(C=NC2COC3(C)CC2C3)c(N)n1. The van der Waals surface area contributed by atoms with Crippen molar-refractivity contribution in [1.29, 1.82) is 0 Å². The summed E-state index contributed by atoms with van der Waals surface area (Å²) < 4.78 is 44.5. The lowest BCUT2D eigenvalue weighted by molar-refractivity contribution is -0.174. The molecule has 3 heterocycles. The van der Waals surface area contributed by atoms with E-state index in [9.17, 15) is 18.3 Å². The summed E-state index contributed by atoms with van der Waals surface area (Å²) in [5.74, 6) is 0.0464. The van der Waals surface area contributed by atoms with Crippen LogP contribution in [0.2, 0.25) is 0 Å². The number of nitrogens with two attached hydrogens (primary N) is 1. The highest BCUT2D eigenvalue weighted by atomic mass is 19.4. The van der Waals surface area contributed by atoms with E-state index in [2.05, 4.69) is 21.9 Å². The molecule has 0 spiro atoms. The van der Waals surface area contributed by atoms with Gasteiger partial charge in [-0.3, -0.25) is 4.99 Å². The summed E-state index contributed by atoms with van der Waals surface area (Å²) >= 11 is 0. The molecule has 154 valence electrons. The molecule has 1 aromatic heterocycles. The van der Waals surface area contributed by atoms with E-state index in [1.807, 2.05) is 0 Å². The molecule has 2 aromatic rings. The van der Waals surface area contributed by atoms with Crippen molar-refractivity contribution in [3.63, 3.8) is 0 Å². The first-order valence-corrected chi connectivity index (χ1v) is 9.26. The summed E-state index contributed by atoms with van der Waals surface area (Å²) in [6.07, 6.45) is 0.348. The third kappa shape index (κ3) is 3.66. The number of hydrogen-bond acceptors (Lipinski definition) is 6. The fourth-order valence-corrected chi connectivity index (χ4v) is 4.09. The quantitative estimate of drug-likeness (QED) is 0.758. The number of fused-ring (bicyclic) bond motifs is 2. The number of ether oxygens (including phenoxy) is 1.